The molecule has 1 saturated carbocycles. The number of amides is 3. The minimum Gasteiger partial charge on any atom is -0.331 e. The molecule has 1 aliphatic heterocycles. The van der Waals surface area contributed by atoms with Gasteiger partial charge >= 0.3 is 0 Å². The summed E-state index contributed by atoms with van der Waals surface area (Å²) in [5.74, 6) is -1.48. The minimum absolute atomic E-state index is 0.0108. The number of hydrogen-bond donors (Lipinski definition) is 3. The lowest BCUT2D eigenvalue weighted by atomic mass is 9.81. The van der Waals surface area contributed by atoms with Crippen molar-refractivity contribution < 1.29 is 18.8 Å². The van der Waals surface area contributed by atoms with Crippen LogP contribution in [0, 0.1) is 17.7 Å². The number of fused-ring (bicyclic) bond motifs is 1. The number of hydrazine groups is 1. The summed E-state index contributed by atoms with van der Waals surface area (Å²) in [6, 6.07) is 5.58. The van der Waals surface area contributed by atoms with Gasteiger partial charge in [-0.3, -0.25) is 30.1 Å². The van der Waals surface area contributed by atoms with Crippen molar-refractivity contribution >= 4 is 40.7 Å². The van der Waals surface area contributed by atoms with Crippen LogP contribution < -0.4 is 16.2 Å². The summed E-state index contributed by atoms with van der Waals surface area (Å²) in [7, 11) is 0. The molecule has 27 heavy (non-hydrogen) atoms. The fraction of sp³-hybridized carbons (Fsp3) is 0.444. The predicted octanol–water partition coefficient (Wildman–Crippen LogP) is 1.71. The van der Waals surface area contributed by atoms with Gasteiger partial charge in [-0.1, -0.05) is 12.8 Å². The van der Waals surface area contributed by atoms with Crippen molar-refractivity contribution in [1.29, 1.82) is 0 Å². The Morgan fingerprint density at radius 2 is 1.67 bits per heavy atom. The van der Waals surface area contributed by atoms with E-state index < -0.39 is 5.91 Å². The highest BCUT2D eigenvalue weighted by Crippen LogP contribution is 2.37. The molecule has 0 aromatic heterocycles. The third kappa shape index (κ3) is 4.60. The Morgan fingerprint density at radius 1 is 1.07 bits per heavy atom. The lowest BCUT2D eigenvalue weighted by Gasteiger charge is -2.19. The fourth-order valence-corrected chi connectivity index (χ4v) is 3.72. The van der Waals surface area contributed by atoms with E-state index in [-0.39, 0.29) is 47.5 Å². The fourth-order valence-electron chi connectivity index (χ4n) is 3.55. The number of halogens is 1. The molecule has 2 atom stereocenters. The van der Waals surface area contributed by atoms with Crippen molar-refractivity contribution in [2.45, 2.75) is 32.1 Å². The van der Waals surface area contributed by atoms with Gasteiger partial charge in [-0.25, -0.2) is 4.39 Å². The van der Waals surface area contributed by atoms with Crippen LogP contribution in [-0.4, -0.2) is 34.3 Å². The van der Waals surface area contributed by atoms with Gasteiger partial charge in [0.25, 0.3) is 0 Å². The second-order valence-corrected chi connectivity index (χ2v) is 7.12. The van der Waals surface area contributed by atoms with E-state index in [0.29, 0.717) is 5.69 Å². The van der Waals surface area contributed by atoms with Gasteiger partial charge < -0.3 is 5.32 Å². The predicted molar refractivity (Wildman–Crippen MR) is 101 cm³/mol. The summed E-state index contributed by atoms with van der Waals surface area (Å²) in [5, 5.41) is 2.92. The molecule has 2 fully saturated rings. The van der Waals surface area contributed by atoms with E-state index in [1.807, 2.05) is 0 Å². The van der Waals surface area contributed by atoms with Crippen molar-refractivity contribution in [3.63, 3.8) is 0 Å². The number of nitrogens with zero attached hydrogens (tertiary/aromatic N) is 1. The number of likely N-dealkylation sites (tertiary alicyclic amines) is 1. The number of nitrogens with one attached hydrogen (secondary N) is 3. The van der Waals surface area contributed by atoms with E-state index in [9.17, 15) is 18.8 Å². The number of benzene rings is 1. The molecule has 7 nitrogen and oxygen atoms in total. The highest BCUT2D eigenvalue weighted by Gasteiger charge is 2.47. The molecule has 1 heterocycles. The number of anilines is 1. The highest BCUT2D eigenvalue weighted by atomic mass is 32.1. The molecular weight excluding hydrogens is 371 g/mol. The first kappa shape index (κ1) is 19.2. The molecule has 0 spiro atoms. The van der Waals surface area contributed by atoms with Gasteiger partial charge in [0.05, 0.1) is 11.8 Å². The third-order valence-corrected chi connectivity index (χ3v) is 5.12. The average Bonchev–Trinajstić information content (AvgIpc) is 2.91. The van der Waals surface area contributed by atoms with Gasteiger partial charge in [-0.05, 0) is 49.3 Å². The number of rotatable bonds is 4. The zero-order valence-electron chi connectivity index (χ0n) is 14.7. The Hall–Kier alpha value is -2.55. The SMILES string of the molecule is O=C(CCN1C(=O)[C@H]2CCCC[C@H]2C1=O)NNC(=S)Nc1ccc(F)cc1. The number of carbonyl (C=O) groups excluding carboxylic acids is 3. The maximum Gasteiger partial charge on any atom is 0.240 e. The van der Waals surface area contributed by atoms with Gasteiger partial charge in [0.15, 0.2) is 5.11 Å². The standard InChI is InChI=1S/C18H21FN4O3S/c19-11-5-7-12(8-6-11)20-18(27)22-21-15(24)9-10-23-16(25)13-3-1-2-4-14(13)17(23)26/h5-8,13-14H,1-4,9-10H2,(H,21,24)(H2,20,22,27)/t13-,14+. The quantitative estimate of drug-likeness (QED) is 0.411. The highest BCUT2D eigenvalue weighted by molar-refractivity contribution is 7.80. The number of thiocarbonyl (C=S) groups is 1. The van der Waals surface area contributed by atoms with E-state index in [4.69, 9.17) is 12.2 Å². The molecule has 144 valence electrons. The van der Waals surface area contributed by atoms with E-state index in [1.54, 1.807) is 0 Å². The van der Waals surface area contributed by atoms with Crippen LogP contribution >= 0.6 is 12.2 Å². The Balaban J connectivity index is 1.42. The topological polar surface area (TPSA) is 90.5 Å². The summed E-state index contributed by atoms with van der Waals surface area (Å²) in [6.45, 7) is 0.0658. The van der Waals surface area contributed by atoms with Crippen molar-refractivity contribution in [3.05, 3.63) is 30.1 Å². The molecule has 3 rings (SSSR count). The zero-order chi connectivity index (χ0) is 19.4. The van der Waals surface area contributed by atoms with Crippen LogP contribution in [0.1, 0.15) is 32.1 Å². The number of carbonyl (C=O) groups is 3. The van der Waals surface area contributed by atoms with Crippen molar-refractivity contribution in [1.82, 2.24) is 15.8 Å². The largest absolute Gasteiger partial charge is 0.331 e. The Labute approximate surface area is 161 Å². The van der Waals surface area contributed by atoms with Gasteiger partial charge in [0.2, 0.25) is 17.7 Å². The van der Waals surface area contributed by atoms with E-state index in [1.165, 1.54) is 29.2 Å². The summed E-state index contributed by atoms with van der Waals surface area (Å²) in [4.78, 5) is 37.9. The van der Waals surface area contributed by atoms with Crippen LogP contribution in [0.3, 0.4) is 0 Å². The second kappa shape index (κ2) is 8.43. The van der Waals surface area contributed by atoms with Crippen LogP contribution in [0.5, 0.6) is 0 Å². The van der Waals surface area contributed by atoms with E-state index in [2.05, 4.69) is 16.2 Å². The van der Waals surface area contributed by atoms with E-state index in [0.717, 1.165) is 25.7 Å². The third-order valence-electron chi connectivity index (χ3n) is 4.91. The van der Waals surface area contributed by atoms with Crippen molar-refractivity contribution in [3.8, 4) is 0 Å². The first-order chi connectivity index (χ1) is 13.0. The van der Waals surface area contributed by atoms with Crippen LogP contribution in [0.2, 0.25) is 0 Å². The summed E-state index contributed by atoms with van der Waals surface area (Å²) >= 11 is 5.04. The Kier molecular flexibility index (Phi) is 6.00. The molecule has 1 aromatic carbocycles. The molecule has 0 radical (unpaired) electrons. The van der Waals surface area contributed by atoms with Gasteiger partial charge in [0.1, 0.15) is 5.82 Å². The van der Waals surface area contributed by atoms with Crippen LogP contribution in [0.15, 0.2) is 24.3 Å². The number of imide groups is 1. The van der Waals surface area contributed by atoms with Gasteiger partial charge in [-0.2, -0.15) is 0 Å². The molecule has 3 amide bonds. The first-order valence-corrected chi connectivity index (χ1v) is 9.33. The van der Waals surface area contributed by atoms with Gasteiger partial charge in [-0.15, -0.1) is 0 Å². The molecular formula is C18H21FN4O3S. The van der Waals surface area contributed by atoms with Crippen LogP contribution in [0.4, 0.5) is 10.1 Å². The maximum absolute atomic E-state index is 12.9. The Bertz CT molecular complexity index is 731. The molecule has 3 N–H and O–H groups in total. The number of hydrogen-bond acceptors (Lipinski definition) is 4. The maximum atomic E-state index is 12.9. The first-order valence-electron chi connectivity index (χ1n) is 8.92. The van der Waals surface area contributed by atoms with Crippen molar-refractivity contribution in [2.75, 3.05) is 11.9 Å². The monoisotopic (exact) mass is 392 g/mol. The zero-order valence-corrected chi connectivity index (χ0v) is 15.5. The molecule has 0 unspecified atom stereocenters. The summed E-state index contributed by atoms with van der Waals surface area (Å²) < 4.78 is 12.9. The lowest BCUT2D eigenvalue weighted by molar-refractivity contribution is -0.140. The van der Waals surface area contributed by atoms with Crippen molar-refractivity contribution in [2.24, 2.45) is 11.8 Å². The lowest BCUT2D eigenvalue weighted by Crippen LogP contribution is -2.45. The Morgan fingerprint density at radius 3 is 2.26 bits per heavy atom. The minimum atomic E-state index is -0.395. The molecule has 2 aliphatic rings. The normalized spacial score (nSPS) is 21.6. The van der Waals surface area contributed by atoms with Crippen LogP contribution in [-0.2, 0) is 14.4 Å². The van der Waals surface area contributed by atoms with Gasteiger partial charge in [0, 0.05) is 18.7 Å². The molecule has 1 aromatic rings. The molecule has 1 aliphatic carbocycles. The smallest absolute Gasteiger partial charge is 0.240 e. The average molecular weight is 392 g/mol. The van der Waals surface area contributed by atoms with E-state index >= 15 is 0 Å². The summed E-state index contributed by atoms with van der Waals surface area (Å²) in [5.41, 5.74) is 5.51. The summed E-state index contributed by atoms with van der Waals surface area (Å²) in [6.07, 6.45) is 3.43. The molecule has 1 saturated heterocycles. The molecule has 0 bridgehead atoms. The van der Waals surface area contributed by atoms with Crippen LogP contribution in [0.25, 0.3) is 0 Å². The second-order valence-electron chi connectivity index (χ2n) is 6.71. The molecule has 9 heteroatoms.